The Labute approximate surface area is 192 Å². The first-order valence-corrected chi connectivity index (χ1v) is 12.2. The standard InChI is InChI=1S/C25H39N3O4/c1-18(2)23(30-3)25(29)26-20-9-7-19(8-10-20)11-12-27-13-15-28(16-14-27)21-5-4-6-22-24(21)32-17-31-22/h4-6,18-20,23H,7-17H2,1-3H3,(H,26,29)/t19?,20?,23-/m1/s1. The number of carbonyl (C=O) groups is 1. The van der Waals surface area contributed by atoms with Gasteiger partial charge in [0.15, 0.2) is 11.5 Å². The van der Waals surface area contributed by atoms with Crippen molar-refractivity contribution < 1.29 is 19.0 Å². The lowest BCUT2D eigenvalue weighted by Crippen LogP contribution is -2.47. The van der Waals surface area contributed by atoms with E-state index >= 15 is 0 Å². The van der Waals surface area contributed by atoms with Crippen molar-refractivity contribution in [1.29, 1.82) is 0 Å². The Morgan fingerprint density at radius 2 is 1.88 bits per heavy atom. The Kier molecular flexibility index (Phi) is 7.79. The normalized spacial score (nSPS) is 24.6. The Bertz CT molecular complexity index is 756. The van der Waals surface area contributed by atoms with E-state index in [1.807, 2.05) is 26.0 Å². The van der Waals surface area contributed by atoms with E-state index in [4.69, 9.17) is 14.2 Å². The molecule has 0 radical (unpaired) electrons. The zero-order valence-electron chi connectivity index (χ0n) is 19.8. The largest absolute Gasteiger partial charge is 0.454 e. The maximum absolute atomic E-state index is 12.4. The summed E-state index contributed by atoms with van der Waals surface area (Å²) in [5, 5.41) is 3.22. The first kappa shape index (κ1) is 23.2. The average molecular weight is 446 g/mol. The van der Waals surface area contributed by atoms with Gasteiger partial charge in [0.1, 0.15) is 6.10 Å². The molecule has 1 saturated carbocycles. The fourth-order valence-corrected chi connectivity index (χ4v) is 5.30. The third-order valence-corrected chi connectivity index (χ3v) is 7.25. The highest BCUT2D eigenvalue weighted by Gasteiger charge is 2.28. The number of anilines is 1. The fraction of sp³-hybridized carbons (Fsp3) is 0.720. The minimum atomic E-state index is -0.345. The van der Waals surface area contributed by atoms with E-state index in [1.54, 1.807) is 7.11 Å². The highest BCUT2D eigenvalue weighted by atomic mass is 16.7. The summed E-state index contributed by atoms with van der Waals surface area (Å²) in [6, 6.07) is 6.46. The van der Waals surface area contributed by atoms with Crippen LogP contribution in [0.3, 0.4) is 0 Å². The predicted molar refractivity (Wildman–Crippen MR) is 125 cm³/mol. The third kappa shape index (κ3) is 5.49. The van der Waals surface area contributed by atoms with Crippen LogP contribution in [0.15, 0.2) is 18.2 Å². The van der Waals surface area contributed by atoms with Crippen molar-refractivity contribution in [3.05, 3.63) is 18.2 Å². The fourth-order valence-electron chi connectivity index (χ4n) is 5.30. The molecule has 32 heavy (non-hydrogen) atoms. The number of nitrogens with one attached hydrogen (secondary N) is 1. The number of para-hydroxylation sites is 1. The molecule has 0 unspecified atom stereocenters. The molecule has 178 valence electrons. The highest BCUT2D eigenvalue weighted by Crippen LogP contribution is 2.41. The van der Waals surface area contributed by atoms with Crippen LogP contribution in [0, 0.1) is 11.8 Å². The Morgan fingerprint density at radius 3 is 2.56 bits per heavy atom. The maximum Gasteiger partial charge on any atom is 0.249 e. The predicted octanol–water partition coefficient (Wildman–Crippen LogP) is 3.27. The topological polar surface area (TPSA) is 63.3 Å². The number of hydrogen-bond donors (Lipinski definition) is 1. The van der Waals surface area contributed by atoms with Crippen LogP contribution >= 0.6 is 0 Å². The molecule has 3 aliphatic rings. The highest BCUT2D eigenvalue weighted by molar-refractivity contribution is 5.81. The van der Waals surface area contributed by atoms with Gasteiger partial charge in [0.2, 0.25) is 12.7 Å². The number of fused-ring (bicyclic) bond motifs is 1. The van der Waals surface area contributed by atoms with Gasteiger partial charge < -0.3 is 24.4 Å². The summed E-state index contributed by atoms with van der Waals surface area (Å²) in [5.41, 5.74) is 1.16. The van der Waals surface area contributed by atoms with Crippen LogP contribution in [0.5, 0.6) is 11.5 Å². The lowest BCUT2D eigenvalue weighted by atomic mass is 9.84. The molecule has 1 aromatic carbocycles. The number of piperazine rings is 1. The first-order valence-electron chi connectivity index (χ1n) is 12.2. The zero-order valence-corrected chi connectivity index (χ0v) is 19.8. The number of methoxy groups -OCH3 is 1. The summed E-state index contributed by atoms with van der Waals surface area (Å²) in [6.45, 7) is 9.76. The van der Waals surface area contributed by atoms with Crippen LogP contribution in [0.25, 0.3) is 0 Å². The summed E-state index contributed by atoms with van der Waals surface area (Å²) in [4.78, 5) is 17.4. The van der Waals surface area contributed by atoms with Gasteiger partial charge in [0.25, 0.3) is 0 Å². The SMILES string of the molecule is CO[C@@H](C(=O)NC1CCC(CCN2CCN(c3cccc4c3OCO4)CC2)CC1)C(C)C. The van der Waals surface area contributed by atoms with Crippen molar-refractivity contribution in [2.75, 3.05) is 51.5 Å². The van der Waals surface area contributed by atoms with Gasteiger partial charge in [-0.3, -0.25) is 9.69 Å². The molecule has 1 N–H and O–H groups in total. The number of rotatable bonds is 8. The zero-order chi connectivity index (χ0) is 22.5. The molecule has 0 spiro atoms. The minimum Gasteiger partial charge on any atom is -0.454 e. The lowest BCUT2D eigenvalue weighted by Gasteiger charge is -2.37. The van der Waals surface area contributed by atoms with Gasteiger partial charge in [-0.25, -0.2) is 0 Å². The summed E-state index contributed by atoms with van der Waals surface area (Å²) >= 11 is 0. The molecule has 0 bridgehead atoms. The molecule has 1 amide bonds. The Balaban J connectivity index is 1.15. The second-order valence-electron chi connectivity index (χ2n) is 9.75. The van der Waals surface area contributed by atoms with Crippen molar-refractivity contribution in [1.82, 2.24) is 10.2 Å². The molecule has 0 aromatic heterocycles. The molecule has 4 rings (SSSR count). The van der Waals surface area contributed by atoms with Gasteiger partial charge in [0, 0.05) is 39.3 Å². The minimum absolute atomic E-state index is 0.0462. The number of hydrogen-bond acceptors (Lipinski definition) is 6. The van der Waals surface area contributed by atoms with Crippen LogP contribution in [-0.4, -0.2) is 69.6 Å². The second kappa shape index (κ2) is 10.8. The summed E-state index contributed by atoms with van der Waals surface area (Å²) in [6.07, 6.45) is 5.49. The van der Waals surface area contributed by atoms with Crippen LogP contribution in [-0.2, 0) is 9.53 Å². The van der Waals surface area contributed by atoms with E-state index in [1.165, 1.54) is 25.8 Å². The monoisotopic (exact) mass is 445 g/mol. The van der Waals surface area contributed by atoms with Gasteiger partial charge in [-0.2, -0.15) is 0 Å². The smallest absolute Gasteiger partial charge is 0.249 e. The molecule has 1 saturated heterocycles. The van der Waals surface area contributed by atoms with Gasteiger partial charge >= 0.3 is 0 Å². The quantitative estimate of drug-likeness (QED) is 0.663. The van der Waals surface area contributed by atoms with E-state index in [0.29, 0.717) is 12.8 Å². The molecular formula is C25H39N3O4. The lowest BCUT2D eigenvalue weighted by molar-refractivity contribution is -0.134. The van der Waals surface area contributed by atoms with Crippen molar-refractivity contribution >= 4 is 11.6 Å². The number of nitrogens with zero attached hydrogens (tertiary/aromatic N) is 2. The summed E-state index contributed by atoms with van der Waals surface area (Å²) in [5.74, 6) is 2.77. The van der Waals surface area contributed by atoms with Crippen LogP contribution in [0.2, 0.25) is 0 Å². The van der Waals surface area contributed by atoms with Crippen molar-refractivity contribution in [3.8, 4) is 11.5 Å². The molecule has 1 aromatic rings. The van der Waals surface area contributed by atoms with Crippen molar-refractivity contribution in [2.24, 2.45) is 11.8 Å². The Hall–Kier alpha value is -1.99. The molecule has 2 fully saturated rings. The number of carbonyl (C=O) groups excluding carboxylic acids is 1. The number of amides is 1. The Morgan fingerprint density at radius 1 is 1.12 bits per heavy atom. The molecule has 2 heterocycles. The van der Waals surface area contributed by atoms with Crippen LogP contribution in [0.4, 0.5) is 5.69 Å². The summed E-state index contributed by atoms with van der Waals surface area (Å²) < 4.78 is 16.6. The van der Waals surface area contributed by atoms with E-state index < -0.39 is 0 Å². The molecule has 1 aliphatic carbocycles. The number of benzene rings is 1. The van der Waals surface area contributed by atoms with Crippen molar-refractivity contribution in [2.45, 2.75) is 58.1 Å². The van der Waals surface area contributed by atoms with E-state index in [-0.39, 0.29) is 17.9 Å². The second-order valence-corrected chi connectivity index (χ2v) is 9.75. The van der Waals surface area contributed by atoms with E-state index in [0.717, 1.165) is 62.1 Å². The van der Waals surface area contributed by atoms with Crippen LogP contribution in [0.1, 0.15) is 46.0 Å². The van der Waals surface area contributed by atoms with Gasteiger partial charge in [-0.1, -0.05) is 19.9 Å². The van der Waals surface area contributed by atoms with E-state index in [9.17, 15) is 4.79 Å². The van der Waals surface area contributed by atoms with Crippen LogP contribution < -0.4 is 19.7 Å². The van der Waals surface area contributed by atoms with Gasteiger partial charge in [-0.05, 0) is 62.6 Å². The average Bonchev–Trinajstić information content (AvgIpc) is 3.28. The van der Waals surface area contributed by atoms with E-state index in [2.05, 4.69) is 21.2 Å². The molecular weight excluding hydrogens is 406 g/mol. The molecule has 1 atom stereocenters. The summed E-state index contributed by atoms with van der Waals surface area (Å²) in [7, 11) is 1.62. The first-order chi connectivity index (χ1) is 15.5. The van der Waals surface area contributed by atoms with Gasteiger partial charge in [-0.15, -0.1) is 0 Å². The number of ether oxygens (including phenoxy) is 3. The van der Waals surface area contributed by atoms with Gasteiger partial charge in [0.05, 0.1) is 5.69 Å². The van der Waals surface area contributed by atoms with Crippen molar-refractivity contribution in [3.63, 3.8) is 0 Å². The third-order valence-electron chi connectivity index (χ3n) is 7.25. The molecule has 7 heteroatoms. The molecule has 7 nitrogen and oxygen atoms in total. The molecule has 2 aliphatic heterocycles. The maximum atomic E-state index is 12.4.